The molecule has 4 aromatic carbocycles. The summed E-state index contributed by atoms with van der Waals surface area (Å²) in [6.07, 6.45) is 0. The molecule has 0 aromatic heterocycles. The molecule has 5 rings (SSSR count). The maximum atomic E-state index is 13.8. The number of nitrogens with zero attached hydrogens (tertiary/aromatic N) is 2. The number of hydrogen-bond acceptors (Lipinski definition) is 4. The number of carbonyl (C=O) groups excluding carboxylic acids is 2. The second kappa shape index (κ2) is 12.8. The number of hydrogen-bond donors (Lipinski definition) is 1. The number of anilines is 1. The number of halogens is 1. The average Bonchev–Trinajstić information content (AvgIpc) is 3.06. The number of benzene rings is 4. The van der Waals surface area contributed by atoms with Crippen molar-refractivity contribution < 1.29 is 13.8 Å². The molecule has 0 saturated heterocycles. The number of carbonyl (C=O) groups is 2. The summed E-state index contributed by atoms with van der Waals surface area (Å²) >= 11 is 6.23. The molecule has 210 valence electrons. The fourth-order valence-corrected chi connectivity index (χ4v) is 6.49. The second-order valence-electron chi connectivity index (χ2n) is 10.3. The monoisotopic (exact) mass is 585 g/mol. The average molecular weight is 586 g/mol. The van der Waals surface area contributed by atoms with Crippen LogP contribution in [0.15, 0.2) is 107 Å². The number of fused-ring (bicyclic) bond motifs is 2. The Balaban J connectivity index is 1.40. The van der Waals surface area contributed by atoms with Gasteiger partial charge in [0.05, 0.1) is 38.4 Å². The van der Waals surface area contributed by atoms with E-state index >= 15 is 0 Å². The van der Waals surface area contributed by atoms with Crippen molar-refractivity contribution in [1.29, 1.82) is 0 Å². The van der Waals surface area contributed by atoms with Crippen LogP contribution >= 0.6 is 11.6 Å². The van der Waals surface area contributed by atoms with Gasteiger partial charge in [0.2, 0.25) is 0 Å². The van der Waals surface area contributed by atoms with Crippen LogP contribution in [0.5, 0.6) is 0 Å². The van der Waals surface area contributed by atoms with Crippen LogP contribution < -0.4 is 10.2 Å². The highest BCUT2D eigenvalue weighted by Gasteiger charge is 2.31. The third-order valence-electron chi connectivity index (χ3n) is 7.15. The molecule has 8 heteroatoms. The highest BCUT2D eigenvalue weighted by atomic mass is 35.5. The normalized spacial score (nSPS) is 14.5. The third-order valence-corrected chi connectivity index (χ3v) is 8.88. The minimum absolute atomic E-state index is 0.214. The molecule has 0 saturated carbocycles. The zero-order chi connectivity index (χ0) is 28.9. The van der Waals surface area contributed by atoms with Crippen LogP contribution in [0.1, 0.15) is 45.7 Å². The van der Waals surface area contributed by atoms with Crippen molar-refractivity contribution in [1.82, 2.24) is 10.2 Å². The molecule has 4 aromatic rings. The fraction of sp³-hybridized carbons (Fsp3) is 0.212. The Morgan fingerprint density at radius 2 is 1.63 bits per heavy atom. The molecule has 0 fully saturated rings. The van der Waals surface area contributed by atoms with Crippen molar-refractivity contribution in [2.24, 2.45) is 0 Å². The summed E-state index contributed by atoms with van der Waals surface area (Å²) in [5.74, 6) is -0.530. The number of rotatable bonds is 9. The summed E-state index contributed by atoms with van der Waals surface area (Å²) < 4.78 is 13.7. The van der Waals surface area contributed by atoms with E-state index in [1.165, 1.54) is 5.56 Å². The molecule has 1 aliphatic rings. The van der Waals surface area contributed by atoms with Gasteiger partial charge < -0.3 is 10.2 Å². The quantitative estimate of drug-likeness (QED) is 0.250. The van der Waals surface area contributed by atoms with Gasteiger partial charge in [0, 0.05) is 36.3 Å². The first-order valence-corrected chi connectivity index (χ1v) is 15.1. The lowest BCUT2D eigenvalue weighted by atomic mass is 10.1. The Labute approximate surface area is 248 Å². The van der Waals surface area contributed by atoms with Crippen LogP contribution in [0.25, 0.3) is 0 Å². The van der Waals surface area contributed by atoms with Gasteiger partial charge in [0.15, 0.2) is 0 Å². The number of nitrogens with one attached hydrogen (secondary N) is 1. The first-order chi connectivity index (χ1) is 19.8. The van der Waals surface area contributed by atoms with Gasteiger partial charge in [-0.15, -0.1) is 0 Å². The summed E-state index contributed by atoms with van der Waals surface area (Å²) in [5.41, 5.74) is 3.27. The fourth-order valence-electron chi connectivity index (χ4n) is 4.93. The SMILES string of the molecule is CC(C)N(CCNC(=O)c1ccc2c(c1)N(Cc1cccc(Cl)c1)C(=O)c1ccccc1[S@@]2=O)Cc1ccccc1. The molecule has 41 heavy (non-hydrogen) atoms. The molecular weight excluding hydrogens is 554 g/mol. The molecule has 1 atom stereocenters. The van der Waals surface area contributed by atoms with E-state index in [1.807, 2.05) is 30.3 Å². The van der Waals surface area contributed by atoms with Crippen LogP contribution in [0.2, 0.25) is 5.02 Å². The van der Waals surface area contributed by atoms with Crippen LogP contribution in [-0.4, -0.2) is 40.1 Å². The largest absolute Gasteiger partial charge is 0.351 e. The van der Waals surface area contributed by atoms with Crippen LogP contribution in [0.3, 0.4) is 0 Å². The first-order valence-electron chi connectivity index (χ1n) is 13.6. The maximum absolute atomic E-state index is 13.8. The van der Waals surface area contributed by atoms with Crippen molar-refractivity contribution in [3.63, 3.8) is 0 Å². The predicted molar refractivity (Wildman–Crippen MR) is 164 cm³/mol. The maximum Gasteiger partial charge on any atom is 0.259 e. The Hall–Kier alpha value is -3.78. The van der Waals surface area contributed by atoms with E-state index in [9.17, 15) is 13.8 Å². The van der Waals surface area contributed by atoms with E-state index in [1.54, 1.807) is 59.5 Å². The van der Waals surface area contributed by atoms with Gasteiger partial charge in [0.25, 0.3) is 11.8 Å². The molecule has 1 heterocycles. The summed E-state index contributed by atoms with van der Waals surface area (Å²) in [7, 11) is -1.60. The van der Waals surface area contributed by atoms with E-state index < -0.39 is 10.8 Å². The molecule has 1 N–H and O–H groups in total. The third kappa shape index (κ3) is 6.59. The lowest BCUT2D eigenvalue weighted by Crippen LogP contribution is -2.38. The molecule has 1 aliphatic heterocycles. The van der Waals surface area contributed by atoms with Gasteiger partial charge in [-0.1, -0.05) is 66.2 Å². The lowest BCUT2D eigenvalue weighted by Gasteiger charge is -2.26. The van der Waals surface area contributed by atoms with E-state index in [4.69, 9.17) is 11.6 Å². The van der Waals surface area contributed by atoms with Crippen molar-refractivity contribution in [2.45, 2.75) is 42.8 Å². The zero-order valence-electron chi connectivity index (χ0n) is 23.0. The second-order valence-corrected chi connectivity index (χ2v) is 12.1. The topological polar surface area (TPSA) is 69.7 Å². The zero-order valence-corrected chi connectivity index (χ0v) is 24.6. The molecular formula is C33H32ClN3O3S. The van der Waals surface area contributed by atoms with E-state index in [0.717, 1.165) is 12.1 Å². The van der Waals surface area contributed by atoms with Crippen molar-refractivity contribution >= 4 is 39.9 Å². The van der Waals surface area contributed by atoms with Gasteiger partial charge in [-0.2, -0.15) is 0 Å². The Bertz CT molecular complexity index is 1590. The van der Waals surface area contributed by atoms with Crippen molar-refractivity contribution in [3.05, 3.63) is 124 Å². The predicted octanol–water partition coefficient (Wildman–Crippen LogP) is 6.31. The van der Waals surface area contributed by atoms with Gasteiger partial charge in [-0.05, 0) is 67.4 Å². The van der Waals surface area contributed by atoms with Crippen molar-refractivity contribution in [3.8, 4) is 0 Å². The molecule has 6 nitrogen and oxygen atoms in total. The molecule has 0 bridgehead atoms. The van der Waals surface area contributed by atoms with Gasteiger partial charge >= 0.3 is 0 Å². The molecule has 0 radical (unpaired) electrons. The smallest absolute Gasteiger partial charge is 0.259 e. The summed E-state index contributed by atoms with van der Waals surface area (Å²) in [6.45, 7) is 6.43. The van der Waals surface area contributed by atoms with E-state index in [0.29, 0.717) is 50.8 Å². The summed E-state index contributed by atoms with van der Waals surface area (Å²) in [5, 5.41) is 3.59. The first kappa shape index (κ1) is 28.7. The lowest BCUT2D eigenvalue weighted by molar-refractivity contribution is 0.0941. The van der Waals surface area contributed by atoms with Gasteiger partial charge in [-0.3, -0.25) is 14.5 Å². The minimum Gasteiger partial charge on any atom is -0.351 e. The molecule has 0 unspecified atom stereocenters. The Morgan fingerprint density at radius 1 is 0.902 bits per heavy atom. The van der Waals surface area contributed by atoms with Gasteiger partial charge in [0.1, 0.15) is 0 Å². The Morgan fingerprint density at radius 3 is 2.39 bits per heavy atom. The highest BCUT2D eigenvalue weighted by molar-refractivity contribution is 7.85. The molecule has 0 spiro atoms. The van der Waals surface area contributed by atoms with Crippen LogP contribution in [-0.2, 0) is 23.9 Å². The van der Waals surface area contributed by atoms with E-state index in [-0.39, 0.29) is 18.4 Å². The van der Waals surface area contributed by atoms with E-state index in [2.05, 4.69) is 36.2 Å². The molecule has 2 amide bonds. The highest BCUT2D eigenvalue weighted by Crippen LogP contribution is 2.36. The summed E-state index contributed by atoms with van der Waals surface area (Å²) in [6, 6.07) is 29.8. The minimum atomic E-state index is -1.60. The van der Waals surface area contributed by atoms with Gasteiger partial charge in [-0.25, -0.2) is 4.21 Å². The van der Waals surface area contributed by atoms with Crippen LogP contribution in [0, 0.1) is 0 Å². The number of amides is 2. The standard InChI is InChI=1S/C33H32ClN3O3S/c1-23(2)36(21-24-9-4-3-5-10-24)18-17-35-32(38)26-15-16-31-29(20-26)37(22-25-11-8-12-27(34)19-25)33(39)28-13-6-7-14-30(28)41(31)40/h3-16,19-20,23H,17-18,21-22H2,1-2H3,(H,35,38)/t41-/m0/s1. The van der Waals surface area contributed by atoms with Crippen LogP contribution in [0.4, 0.5) is 5.69 Å². The summed E-state index contributed by atoms with van der Waals surface area (Å²) in [4.78, 5) is 31.9. The Kier molecular flexibility index (Phi) is 8.98. The molecule has 0 aliphatic carbocycles. The van der Waals surface area contributed by atoms with Crippen molar-refractivity contribution in [2.75, 3.05) is 18.0 Å².